The van der Waals surface area contributed by atoms with Crippen LogP contribution in [-0.2, 0) is 9.59 Å². The van der Waals surface area contributed by atoms with Gasteiger partial charge in [0.15, 0.2) is 0 Å². The van der Waals surface area contributed by atoms with Gasteiger partial charge in [-0.05, 0) is 37.6 Å². The number of thiophene rings is 1. The maximum Gasteiger partial charge on any atom is 0.246 e. The van der Waals surface area contributed by atoms with Crippen LogP contribution in [0.4, 0.5) is 0 Å². The minimum absolute atomic E-state index is 0.151. The molecule has 0 spiro atoms. The lowest BCUT2D eigenvalue weighted by Gasteiger charge is -2.33. The lowest BCUT2D eigenvalue weighted by atomic mass is 10.1. The van der Waals surface area contributed by atoms with Crippen molar-refractivity contribution < 1.29 is 9.59 Å². The average Bonchev–Trinajstić information content (AvgIpc) is 3.23. The van der Waals surface area contributed by atoms with Gasteiger partial charge in [0.2, 0.25) is 11.8 Å². The number of hydrogen-bond donors (Lipinski definition) is 0. The van der Waals surface area contributed by atoms with Gasteiger partial charge in [-0.25, -0.2) is 0 Å². The van der Waals surface area contributed by atoms with Gasteiger partial charge in [0.25, 0.3) is 0 Å². The zero-order chi connectivity index (χ0) is 15.3. The Morgan fingerprint density at radius 2 is 2.32 bits per heavy atom. The standard InChI is InChI=1S/C16H20N2O2S2/c1-16-7-6-14(19)18(16)12(10-22-16)15(20)17-8-2-4-11(17)13-5-3-9-21-13/h3,5,9,11-12H,2,4,6-8,10H2,1H3/t11-,12-,16+/m1/s1. The van der Waals surface area contributed by atoms with Crippen LogP contribution in [0.25, 0.3) is 0 Å². The Morgan fingerprint density at radius 3 is 3.09 bits per heavy atom. The molecular weight excluding hydrogens is 316 g/mol. The molecule has 4 heterocycles. The molecule has 1 aromatic rings. The van der Waals surface area contributed by atoms with Gasteiger partial charge in [-0.2, -0.15) is 0 Å². The third-order valence-corrected chi connectivity index (χ3v) is 7.62. The van der Waals surface area contributed by atoms with Crippen LogP contribution in [0.2, 0.25) is 0 Å². The van der Waals surface area contributed by atoms with E-state index >= 15 is 0 Å². The summed E-state index contributed by atoms with van der Waals surface area (Å²) in [5, 5.41) is 2.07. The summed E-state index contributed by atoms with van der Waals surface area (Å²) in [6, 6.07) is 4.12. The van der Waals surface area contributed by atoms with Gasteiger partial charge in [0, 0.05) is 23.6 Å². The highest BCUT2D eigenvalue weighted by atomic mass is 32.2. The Hall–Kier alpha value is -1.01. The van der Waals surface area contributed by atoms with Gasteiger partial charge in [0.05, 0.1) is 10.9 Å². The van der Waals surface area contributed by atoms with E-state index in [1.54, 1.807) is 23.1 Å². The first-order chi connectivity index (χ1) is 10.6. The molecule has 22 heavy (non-hydrogen) atoms. The summed E-state index contributed by atoms with van der Waals surface area (Å²) in [6.45, 7) is 2.93. The fraction of sp³-hybridized carbons (Fsp3) is 0.625. The smallest absolute Gasteiger partial charge is 0.246 e. The first-order valence-corrected chi connectivity index (χ1v) is 9.77. The molecule has 3 saturated heterocycles. The van der Waals surface area contributed by atoms with Gasteiger partial charge >= 0.3 is 0 Å². The van der Waals surface area contributed by atoms with E-state index in [0.717, 1.165) is 31.6 Å². The number of likely N-dealkylation sites (tertiary alicyclic amines) is 1. The Bertz CT molecular complexity index is 603. The molecule has 4 rings (SSSR count). The zero-order valence-electron chi connectivity index (χ0n) is 12.7. The van der Waals surface area contributed by atoms with E-state index in [1.807, 2.05) is 15.9 Å². The Labute approximate surface area is 138 Å². The molecular formula is C16H20N2O2S2. The van der Waals surface area contributed by atoms with E-state index < -0.39 is 0 Å². The second kappa shape index (κ2) is 5.27. The highest BCUT2D eigenvalue weighted by Gasteiger charge is 2.54. The predicted molar refractivity (Wildman–Crippen MR) is 88.7 cm³/mol. The Morgan fingerprint density at radius 1 is 1.45 bits per heavy atom. The predicted octanol–water partition coefficient (Wildman–Crippen LogP) is 2.87. The zero-order valence-corrected chi connectivity index (χ0v) is 14.3. The summed E-state index contributed by atoms with van der Waals surface area (Å²) in [4.78, 5) is 30.4. The molecule has 0 saturated carbocycles. The van der Waals surface area contributed by atoms with Gasteiger partial charge in [-0.3, -0.25) is 9.59 Å². The number of amides is 2. The van der Waals surface area contributed by atoms with Crippen molar-refractivity contribution >= 4 is 34.9 Å². The molecule has 118 valence electrons. The lowest BCUT2D eigenvalue weighted by molar-refractivity contribution is -0.144. The summed E-state index contributed by atoms with van der Waals surface area (Å²) < 4.78 is 0. The third kappa shape index (κ3) is 2.11. The van der Waals surface area contributed by atoms with Gasteiger partial charge in [0.1, 0.15) is 6.04 Å². The molecule has 0 unspecified atom stereocenters. The number of carbonyl (C=O) groups excluding carboxylic acids is 2. The van der Waals surface area contributed by atoms with Crippen molar-refractivity contribution in [1.82, 2.24) is 9.80 Å². The Balaban J connectivity index is 1.58. The van der Waals surface area contributed by atoms with Crippen molar-refractivity contribution in [3.05, 3.63) is 22.4 Å². The van der Waals surface area contributed by atoms with Crippen LogP contribution >= 0.6 is 23.1 Å². The van der Waals surface area contributed by atoms with Gasteiger partial charge < -0.3 is 9.80 Å². The number of fused-ring (bicyclic) bond motifs is 1. The Kier molecular flexibility index (Phi) is 3.49. The van der Waals surface area contributed by atoms with Crippen molar-refractivity contribution in [1.29, 1.82) is 0 Å². The maximum absolute atomic E-state index is 13.1. The molecule has 4 nitrogen and oxygen atoms in total. The maximum atomic E-state index is 13.1. The van der Waals surface area contributed by atoms with Gasteiger partial charge in [-0.15, -0.1) is 23.1 Å². The molecule has 0 aliphatic carbocycles. The van der Waals surface area contributed by atoms with Crippen molar-refractivity contribution in [2.75, 3.05) is 12.3 Å². The van der Waals surface area contributed by atoms with Crippen molar-refractivity contribution in [2.45, 2.75) is 49.6 Å². The molecule has 3 aliphatic heterocycles. The highest BCUT2D eigenvalue weighted by Crippen LogP contribution is 2.48. The largest absolute Gasteiger partial charge is 0.333 e. The molecule has 0 aromatic carbocycles. The minimum Gasteiger partial charge on any atom is -0.333 e. The number of carbonyl (C=O) groups is 2. The number of nitrogens with zero attached hydrogens (tertiary/aromatic N) is 2. The average molecular weight is 336 g/mol. The van der Waals surface area contributed by atoms with Crippen molar-refractivity contribution in [2.24, 2.45) is 0 Å². The second-order valence-corrected chi connectivity index (χ2v) is 8.95. The molecule has 1 aromatic heterocycles. The van der Waals surface area contributed by atoms with Crippen molar-refractivity contribution in [3.63, 3.8) is 0 Å². The third-order valence-electron chi connectivity index (χ3n) is 5.14. The molecule has 3 atom stereocenters. The number of hydrogen-bond acceptors (Lipinski definition) is 4. The van der Waals surface area contributed by atoms with Crippen LogP contribution in [0.5, 0.6) is 0 Å². The van der Waals surface area contributed by atoms with E-state index in [1.165, 1.54) is 4.88 Å². The van der Waals surface area contributed by atoms with Crippen LogP contribution in [0, 0.1) is 0 Å². The first kappa shape index (κ1) is 14.6. The van der Waals surface area contributed by atoms with Crippen LogP contribution in [-0.4, -0.2) is 44.8 Å². The molecule has 0 radical (unpaired) electrons. The number of rotatable bonds is 2. The molecule has 3 fully saturated rings. The minimum atomic E-state index is -0.259. The normalized spacial score (nSPS) is 34.5. The molecule has 2 amide bonds. The van der Waals surface area contributed by atoms with E-state index in [-0.39, 0.29) is 28.8 Å². The highest BCUT2D eigenvalue weighted by molar-refractivity contribution is 8.01. The van der Waals surface area contributed by atoms with Crippen LogP contribution in [0.3, 0.4) is 0 Å². The van der Waals surface area contributed by atoms with E-state index in [4.69, 9.17) is 0 Å². The molecule has 3 aliphatic rings. The van der Waals surface area contributed by atoms with E-state index in [9.17, 15) is 9.59 Å². The summed E-state index contributed by atoms with van der Waals surface area (Å²) in [7, 11) is 0. The second-order valence-electron chi connectivity index (χ2n) is 6.47. The van der Waals surface area contributed by atoms with Crippen molar-refractivity contribution in [3.8, 4) is 0 Å². The molecule has 0 N–H and O–H groups in total. The monoisotopic (exact) mass is 336 g/mol. The topological polar surface area (TPSA) is 40.6 Å². The first-order valence-electron chi connectivity index (χ1n) is 7.90. The van der Waals surface area contributed by atoms with E-state index in [2.05, 4.69) is 18.4 Å². The van der Waals surface area contributed by atoms with Crippen LogP contribution in [0.1, 0.15) is 43.5 Å². The fourth-order valence-electron chi connectivity index (χ4n) is 4.00. The quantitative estimate of drug-likeness (QED) is 0.834. The summed E-state index contributed by atoms with van der Waals surface area (Å²) in [6.07, 6.45) is 3.55. The molecule has 0 bridgehead atoms. The lowest BCUT2D eigenvalue weighted by Crippen LogP contribution is -2.51. The summed E-state index contributed by atoms with van der Waals surface area (Å²) in [5.74, 6) is 1.05. The van der Waals surface area contributed by atoms with Crippen LogP contribution < -0.4 is 0 Å². The van der Waals surface area contributed by atoms with Crippen LogP contribution in [0.15, 0.2) is 17.5 Å². The fourth-order valence-corrected chi connectivity index (χ4v) is 6.30. The SMILES string of the molecule is C[C@]12CCC(=O)N1[C@@H](C(=O)N1CCC[C@@H]1c1cccs1)CS2. The number of thioether (sulfide) groups is 1. The summed E-state index contributed by atoms with van der Waals surface area (Å²) >= 11 is 3.50. The van der Waals surface area contributed by atoms with E-state index in [0.29, 0.717) is 6.42 Å². The van der Waals surface area contributed by atoms with Gasteiger partial charge in [-0.1, -0.05) is 6.07 Å². The summed E-state index contributed by atoms with van der Waals surface area (Å²) in [5.41, 5.74) is 0. The molecule has 6 heteroatoms.